The molecule has 4 aromatic carbocycles. The van der Waals surface area contributed by atoms with Crippen molar-refractivity contribution in [1.29, 1.82) is 0 Å². The predicted octanol–water partition coefficient (Wildman–Crippen LogP) is 7.16. The fourth-order valence-electron chi connectivity index (χ4n) is 4.43. The third-order valence-corrected chi connectivity index (χ3v) is 6.15. The predicted molar refractivity (Wildman–Crippen MR) is 138 cm³/mol. The number of ether oxygens (including phenoxy) is 1. The van der Waals surface area contributed by atoms with Gasteiger partial charge in [0.25, 0.3) is 0 Å². The van der Waals surface area contributed by atoms with Crippen LogP contribution in [-0.2, 0) is 4.74 Å². The first-order valence-electron chi connectivity index (χ1n) is 11.9. The first-order chi connectivity index (χ1) is 16.8. The van der Waals surface area contributed by atoms with Crippen molar-refractivity contribution >= 4 is 6.09 Å². The van der Waals surface area contributed by atoms with Crippen LogP contribution in [0.5, 0.6) is 0 Å². The maximum atomic E-state index is 12.4. The zero-order chi connectivity index (χ0) is 23.4. The minimum absolute atomic E-state index is 0.191. The first kappa shape index (κ1) is 23.3. The van der Waals surface area contributed by atoms with Gasteiger partial charge < -0.3 is 10.1 Å². The third kappa shape index (κ3) is 6.58. The topological polar surface area (TPSA) is 38.3 Å². The van der Waals surface area contributed by atoms with Crippen molar-refractivity contribution in [2.75, 3.05) is 13.2 Å². The number of benzene rings is 4. The number of amides is 1. The summed E-state index contributed by atoms with van der Waals surface area (Å²) >= 11 is 0. The van der Waals surface area contributed by atoms with Gasteiger partial charge in [0.2, 0.25) is 0 Å². The van der Waals surface area contributed by atoms with Crippen LogP contribution < -0.4 is 5.32 Å². The van der Waals surface area contributed by atoms with Gasteiger partial charge in [0.1, 0.15) is 0 Å². The van der Waals surface area contributed by atoms with Crippen LogP contribution in [0.3, 0.4) is 0 Å². The van der Waals surface area contributed by atoms with Crippen molar-refractivity contribution in [3.05, 3.63) is 144 Å². The molecule has 4 aromatic rings. The van der Waals surface area contributed by atoms with Crippen LogP contribution >= 0.6 is 0 Å². The third-order valence-electron chi connectivity index (χ3n) is 6.15. The van der Waals surface area contributed by atoms with Crippen LogP contribution in [0.25, 0.3) is 0 Å². The summed E-state index contributed by atoms with van der Waals surface area (Å²) in [6.07, 6.45) is 1.18. The molecule has 0 atom stereocenters. The average molecular weight is 450 g/mol. The second-order valence-corrected chi connectivity index (χ2v) is 8.39. The quantitative estimate of drug-likeness (QED) is 0.279. The lowest BCUT2D eigenvalue weighted by atomic mass is 9.88. The summed E-state index contributed by atoms with van der Waals surface area (Å²) in [5.41, 5.74) is 4.95. The highest BCUT2D eigenvalue weighted by atomic mass is 16.5. The first-order valence-corrected chi connectivity index (χ1v) is 11.9. The van der Waals surface area contributed by atoms with E-state index in [1.807, 2.05) is 24.3 Å². The molecule has 0 fully saturated rings. The Morgan fingerprint density at radius 1 is 0.559 bits per heavy atom. The molecule has 1 amide bonds. The minimum atomic E-state index is -0.361. The second-order valence-electron chi connectivity index (χ2n) is 8.39. The summed E-state index contributed by atoms with van der Waals surface area (Å²) in [5.74, 6) is 0.416. The lowest BCUT2D eigenvalue weighted by Gasteiger charge is -2.19. The Morgan fingerprint density at radius 2 is 0.912 bits per heavy atom. The van der Waals surface area contributed by atoms with Crippen LogP contribution in [0.1, 0.15) is 46.9 Å². The van der Waals surface area contributed by atoms with Gasteiger partial charge in [-0.15, -0.1) is 0 Å². The molecule has 0 bridgehead atoms. The number of nitrogens with one attached hydrogen (secondary N) is 1. The number of hydrogen-bond acceptors (Lipinski definition) is 2. The largest absolute Gasteiger partial charge is 0.450 e. The lowest BCUT2D eigenvalue weighted by molar-refractivity contribution is 0.143. The molecule has 0 heterocycles. The van der Waals surface area contributed by atoms with Gasteiger partial charge in [-0.25, -0.2) is 4.79 Å². The van der Waals surface area contributed by atoms with Gasteiger partial charge in [0.15, 0.2) is 0 Å². The summed E-state index contributed by atoms with van der Waals surface area (Å²) in [7, 11) is 0. The molecule has 0 aliphatic rings. The number of carbonyl (C=O) groups is 1. The number of rotatable bonds is 10. The standard InChI is InChI=1S/C31H31NO2/c33-31(32-23-21-29(25-13-5-1-6-14-25)26-15-7-2-8-16-26)34-24-22-30(27-17-9-3-10-18-27)28-19-11-4-12-20-28/h1-20,29-30H,21-24H2,(H,32,33). The average Bonchev–Trinajstić information content (AvgIpc) is 2.91. The lowest BCUT2D eigenvalue weighted by Crippen LogP contribution is -2.27. The van der Waals surface area contributed by atoms with E-state index in [-0.39, 0.29) is 17.9 Å². The summed E-state index contributed by atoms with van der Waals surface area (Å²) < 4.78 is 5.56. The highest BCUT2D eigenvalue weighted by Gasteiger charge is 2.16. The molecule has 3 nitrogen and oxygen atoms in total. The van der Waals surface area contributed by atoms with Gasteiger partial charge in [-0.3, -0.25) is 0 Å². The fourth-order valence-corrected chi connectivity index (χ4v) is 4.43. The summed E-state index contributed by atoms with van der Waals surface area (Å²) in [4.78, 5) is 12.4. The van der Waals surface area contributed by atoms with Crippen molar-refractivity contribution < 1.29 is 9.53 Å². The monoisotopic (exact) mass is 449 g/mol. The summed E-state index contributed by atoms with van der Waals surface area (Å²) in [6, 6.07) is 41.6. The molecule has 0 aliphatic carbocycles. The number of carbonyl (C=O) groups excluding carboxylic acids is 1. The van der Waals surface area contributed by atoms with Crippen molar-refractivity contribution in [3.63, 3.8) is 0 Å². The van der Waals surface area contributed by atoms with Crippen LogP contribution in [-0.4, -0.2) is 19.2 Å². The molecule has 0 aliphatic heterocycles. The maximum Gasteiger partial charge on any atom is 0.407 e. The molecule has 0 saturated carbocycles. The molecular weight excluding hydrogens is 418 g/mol. The summed E-state index contributed by atoms with van der Waals surface area (Å²) in [6.45, 7) is 0.912. The molecule has 0 saturated heterocycles. The van der Waals surface area contributed by atoms with Crippen molar-refractivity contribution in [1.82, 2.24) is 5.32 Å². The zero-order valence-electron chi connectivity index (χ0n) is 19.3. The van der Waals surface area contributed by atoms with E-state index < -0.39 is 0 Å². The van der Waals surface area contributed by atoms with E-state index >= 15 is 0 Å². The van der Waals surface area contributed by atoms with Gasteiger partial charge in [0.05, 0.1) is 6.61 Å². The van der Waals surface area contributed by atoms with Gasteiger partial charge >= 0.3 is 6.09 Å². The van der Waals surface area contributed by atoms with Crippen LogP contribution in [0.4, 0.5) is 4.79 Å². The van der Waals surface area contributed by atoms with E-state index in [1.165, 1.54) is 22.3 Å². The second kappa shape index (κ2) is 12.4. The van der Waals surface area contributed by atoms with Crippen molar-refractivity contribution in [3.8, 4) is 0 Å². The maximum absolute atomic E-state index is 12.4. The van der Waals surface area contributed by atoms with E-state index in [0.717, 1.165) is 12.8 Å². The fraction of sp³-hybridized carbons (Fsp3) is 0.194. The van der Waals surface area contributed by atoms with E-state index in [4.69, 9.17) is 4.74 Å². The van der Waals surface area contributed by atoms with E-state index in [1.54, 1.807) is 0 Å². The smallest absolute Gasteiger partial charge is 0.407 e. The van der Waals surface area contributed by atoms with Gasteiger partial charge in [0, 0.05) is 18.4 Å². The normalized spacial score (nSPS) is 10.9. The molecular formula is C31H31NO2. The molecule has 0 spiro atoms. The van der Waals surface area contributed by atoms with Crippen LogP contribution in [0.2, 0.25) is 0 Å². The van der Waals surface area contributed by atoms with E-state index in [2.05, 4.69) is 102 Å². The highest BCUT2D eigenvalue weighted by molar-refractivity contribution is 5.67. The zero-order valence-corrected chi connectivity index (χ0v) is 19.3. The molecule has 3 heteroatoms. The van der Waals surface area contributed by atoms with Crippen LogP contribution in [0.15, 0.2) is 121 Å². The molecule has 0 radical (unpaired) electrons. The van der Waals surface area contributed by atoms with Gasteiger partial charge in [-0.2, -0.15) is 0 Å². The molecule has 0 aromatic heterocycles. The molecule has 1 N–H and O–H groups in total. The van der Waals surface area contributed by atoms with Gasteiger partial charge in [-0.1, -0.05) is 121 Å². The molecule has 0 unspecified atom stereocenters. The van der Waals surface area contributed by atoms with E-state index in [0.29, 0.717) is 13.2 Å². The highest BCUT2D eigenvalue weighted by Crippen LogP contribution is 2.28. The Balaban J connectivity index is 1.30. The Kier molecular flexibility index (Phi) is 8.51. The van der Waals surface area contributed by atoms with Crippen LogP contribution in [0, 0.1) is 0 Å². The number of hydrogen-bond donors (Lipinski definition) is 1. The minimum Gasteiger partial charge on any atom is -0.450 e. The van der Waals surface area contributed by atoms with Crippen molar-refractivity contribution in [2.45, 2.75) is 24.7 Å². The summed E-state index contributed by atoms with van der Waals surface area (Å²) in [5, 5.41) is 2.94. The molecule has 172 valence electrons. The van der Waals surface area contributed by atoms with E-state index in [9.17, 15) is 4.79 Å². The molecule has 4 rings (SSSR count). The molecule has 34 heavy (non-hydrogen) atoms. The Hall–Kier alpha value is -3.85. The number of alkyl carbamates (subject to hydrolysis) is 1. The Morgan fingerprint density at radius 3 is 1.29 bits per heavy atom. The van der Waals surface area contributed by atoms with Gasteiger partial charge in [-0.05, 0) is 35.1 Å². The SMILES string of the molecule is O=C(NCCC(c1ccccc1)c1ccccc1)OCCC(c1ccccc1)c1ccccc1. The Labute approximate surface area is 202 Å². The van der Waals surface area contributed by atoms with Crippen molar-refractivity contribution in [2.24, 2.45) is 0 Å². The Bertz CT molecular complexity index is 945.